The van der Waals surface area contributed by atoms with Gasteiger partial charge < -0.3 is 10.3 Å². The van der Waals surface area contributed by atoms with E-state index < -0.39 is 5.82 Å². The zero-order chi connectivity index (χ0) is 14.8. The summed E-state index contributed by atoms with van der Waals surface area (Å²) < 4.78 is 18.6. The van der Waals surface area contributed by atoms with E-state index in [2.05, 4.69) is 10.1 Å². The van der Waals surface area contributed by atoms with E-state index in [9.17, 15) is 4.39 Å². The molecule has 4 nitrogen and oxygen atoms in total. The third kappa shape index (κ3) is 2.73. The molecule has 6 heteroatoms. The smallest absolute Gasteiger partial charge is 0.260 e. The molecule has 0 bridgehead atoms. The second-order valence-corrected chi connectivity index (χ2v) is 4.89. The molecule has 21 heavy (non-hydrogen) atoms. The number of nitrogens with zero attached hydrogens (tertiary/aromatic N) is 2. The minimum Gasteiger partial charge on any atom is -0.396 e. The third-order valence-electron chi connectivity index (χ3n) is 3.06. The Kier molecular flexibility index (Phi) is 3.58. The predicted octanol–water partition coefficient (Wildman–Crippen LogP) is 3.70. The minimum atomic E-state index is -0.515. The molecule has 0 aliphatic carbocycles. The first-order valence-corrected chi connectivity index (χ1v) is 6.63. The van der Waals surface area contributed by atoms with Gasteiger partial charge in [0.05, 0.1) is 11.3 Å². The average molecular weight is 304 g/mol. The molecule has 0 spiro atoms. The van der Waals surface area contributed by atoms with Crippen molar-refractivity contribution >= 4 is 17.3 Å². The summed E-state index contributed by atoms with van der Waals surface area (Å²) >= 11 is 6.09. The fourth-order valence-electron chi connectivity index (χ4n) is 1.97. The number of halogens is 2. The molecule has 1 aromatic heterocycles. The van der Waals surface area contributed by atoms with Crippen LogP contribution in [-0.4, -0.2) is 10.1 Å². The molecule has 2 aromatic carbocycles. The van der Waals surface area contributed by atoms with E-state index in [1.807, 2.05) is 18.2 Å². The van der Waals surface area contributed by atoms with Gasteiger partial charge in [-0.05, 0) is 23.8 Å². The molecular formula is C15H11ClFN3O. The number of rotatable bonds is 3. The van der Waals surface area contributed by atoms with Crippen LogP contribution < -0.4 is 5.73 Å². The molecule has 0 saturated heterocycles. The summed E-state index contributed by atoms with van der Waals surface area (Å²) in [5.41, 5.74) is 6.94. The standard InChI is InChI=1S/C15H11ClFN3O/c16-11-6-2-1-4-9(11)8-13-19-15(21-20-13)10-5-3-7-12(17)14(10)18/h1-7H,8,18H2. The molecule has 2 N–H and O–H groups in total. The maximum Gasteiger partial charge on any atom is 0.260 e. The number of nitrogen functional groups attached to an aromatic ring is 1. The number of anilines is 1. The van der Waals surface area contributed by atoms with Crippen molar-refractivity contribution < 1.29 is 8.91 Å². The van der Waals surface area contributed by atoms with Crippen LogP contribution in [0.5, 0.6) is 0 Å². The van der Waals surface area contributed by atoms with Crippen molar-refractivity contribution in [2.24, 2.45) is 0 Å². The van der Waals surface area contributed by atoms with Crippen LogP contribution in [0.1, 0.15) is 11.4 Å². The van der Waals surface area contributed by atoms with Gasteiger partial charge in [-0.15, -0.1) is 0 Å². The third-order valence-corrected chi connectivity index (χ3v) is 3.43. The number of aromatic nitrogens is 2. The Morgan fingerprint density at radius 2 is 1.95 bits per heavy atom. The lowest BCUT2D eigenvalue weighted by molar-refractivity contribution is 0.424. The first-order valence-electron chi connectivity index (χ1n) is 6.25. The molecular weight excluding hydrogens is 293 g/mol. The molecule has 0 saturated carbocycles. The first-order chi connectivity index (χ1) is 10.1. The van der Waals surface area contributed by atoms with Crippen LogP contribution in [0.25, 0.3) is 11.5 Å². The van der Waals surface area contributed by atoms with E-state index in [-0.39, 0.29) is 11.6 Å². The highest BCUT2D eigenvalue weighted by molar-refractivity contribution is 6.31. The number of hydrogen-bond donors (Lipinski definition) is 1. The van der Waals surface area contributed by atoms with E-state index in [1.54, 1.807) is 18.2 Å². The van der Waals surface area contributed by atoms with Crippen molar-refractivity contribution in [3.63, 3.8) is 0 Å². The Morgan fingerprint density at radius 1 is 1.14 bits per heavy atom. The van der Waals surface area contributed by atoms with Gasteiger partial charge in [-0.2, -0.15) is 4.98 Å². The highest BCUT2D eigenvalue weighted by atomic mass is 35.5. The lowest BCUT2D eigenvalue weighted by atomic mass is 10.1. The molecule has 106 valence electrons. The van der Waals surface area contributed by atoms with E-state index >= 15 is 0 Å². The topological polar surface area (TPSA) is 64.9 Å². The predicted molar refractivity (Wildman–Crippen MR) is 78.4 cm³/mol. The second kappa shape index (κ2) is 5.54. The quantitative estimate of drug-likeness (QED) is 0.749. The Balaban J connectivity index is 1.90. The van der Waals surface area contributed by atoms with Gasteiger partial charge in [0.2, 0.25) is 0 Å². The first kappa shape index (κ1) is 13.6. The van der Waals surface area contributed by atoms with Gasteiger partial charge in [0.1, 0.15) is 5.82 Å². The minimum absolute atomic E-state index is 0.00885. The summed E-state index contributed by atoms with van der Waals surface area (Å²) in [4.78, 5) is 4.24. The summed E-state index contributed by atoms with van der Waals surface area (Å²) in [5.74, 6) is 0.133. The van der Waals surface area contributed by atoms with Crippen molar-refractivity contribution in [3.8, 4) is 11.5 Å². The average Bonchev–Trinajstić information content (AvgIpc) is 2.93. The van der Waals surface area contributed by atoms with Crippen molar-refractivity contribution in [1.82, 2.24) is 10.1 Å². The summed E-state index contributed by atoms with van der Waals surface area (Å²) in [6.07, 6.45) is 0.429. The number of nitrogens with two attached hydrogens (primary N) is 1. The Hall–Kier alpha value is -2.40. The molecule has 1 heterocycles. The Bertz CT molecular complexity index is 788. The van der Waals surface area contributed by atoms with Crippen LogP contribution >= 0.6 is 11.6 Å². The maximum absolute atomic E-state index is 13.4. The van der Waals surface area contributed by atoms with E-state index in [1.165, 1.54) is 6.07 Å². The summed E-state index contributed by atoms with van der Waals surface area (Å²) in [6.45, 7) is 0. The number of para-hydroxylation sites is 1. The van der Waals surface area contributed by atoms with Gasteiger partial charge in [0, 0.05) is 11.4 Å². The molecule has 0 atom stereocenters. The van der Waals surface area contributed by atoms with Crippen LogP contribution in [-0.2, 0) is 6.42 Å². The SMILES string of the molecule is Nc1c(F)cccc1-c1nc(Cc2ccccc2Cl)no1. The van der Waals surface area contributed by atoms with Crippen molar-refractivity contribution in [3.05, 3.63) is 64.7 Å². The van der Waals surface area contributed by atoms with Crippen LogP contribution in [0.15, 0.2) is 47.0 Å². The zero-order valence-electron chi connectivity index (χ0n) is 10.9. The zero-order valence-corrected chi connectivity index (χ0v) is 11.6. The fourth-order valence-corrected chi connectivity index (χ4v) is 2.17. The van der Waals surface area contributed by atoms with Gasteiger partial charge in [0.25, 0.3) is 5.89 Å². The van der Waals surface area contributed by atoms with Crippen molar-refractivity contribution in [2.75, 3.05) is 5.73 Å². The molecule has 3 rings (SSSR count). The molecule has 3 aromatic rings. The van der Waals surface area contributed by atoms with Gasteiger partial charge in [-0.3, -0.25) is 0 Å². The summed E-state index contributed by atoms with van der Waals surface area (Å²) in [5, 5.41) is 4.51. The highest BCUT2D eigenvalue weighted by Crippen LogP contribution is 2.27. The Morgan fingerprint density at radius 3 is 2.76 bits per heavy atom. The molecule has 0 aliphatic heterocycles. The van der Waals surface area contributed by atoms with Gasteiger partial charge in [-0.25, -0.2) is 4.39 Å². The van der Waals surface area contributed by atoms with Crippen molar-refractivity contribution in [1.29, 1.82) is 0 Å². The van der Waals surface area contributed by atoms with Gasteiger partial charge >= 0.3 is 0 Å². The summed E-state index contributed by atoms with van der Waals surface area (Å²) in [6, 6.07) is 11.9. The Labute approximate surface area is 125 Å². The van der Waals surface area contributed by atoms with Gasteiger partial charge in [-0.1, -0.05) is 41.0 Å². The van der Waals surface area contributed by atoms with Crippen LogP contribution in [0.4, 0.5) is 10.1 Å². The molecule has 0 unspecified atom stereocenters. The fraction of sp³-hybridized carbons (Fsp3) is 0.0667. The normalized spacial score (nSPS) is 10.8. The highest BCUT2D eigenvalue weighted by Gasteiger charge is 2.14. The van der Waals surface area contributed by atoms with E-state index in [4.69, 9.17) is 21.9 Å². The van der Waals surface area contributed by atoms with Gasteiger partial charge in [0.15, 0.2) is 5.82 Å². The molecule has 0 fully saturated rings. The van der Waals surface area contributed by atoms with E-state index in [0.29, 0.717) is 22.8 Å². The number of hydrogen-bond acceptors (Lipinski definition) is 4. The molecule has 0 aliphatic rings. The van der Waals surface area contributed by atoms with Crippen LogP contribution in [0.2, 0.25) is 5.02 Å². The van der Waals surface area contributed by atoms with Crippen molar-refractivity contribution in [2.45, 2.75) is 6.42 Å². The summed E-state index contributed by atoms with van der Waals surface area (Å²) in [7, 11) is 0. The maximum atomic E-state index is 13.4. The molecule has 0 radical (unpaired) electrons. The number of benzene rings is 2. The molecule has 0 amide bonds. The van der Waals surface area contributed by atoms with Crippen LogP contribution in [0.3, 0.4) is 0 Å². The monoisotopic (exact) mass is 303 g/mol. The lowest BCUT2D eigenvalue weighted by Gasteiger charge is -2.00. The van der Waals surface area contributed by atoms with E-state index in [0.717, 1.165) is 5.56 Å². The largest absolute Gasteiger partial charge is 0.396 e. The second-order valence-electron chi connectivity index (χ2n) is 4.49. The van der Waals surface area contributed by atoms with Crippen LogP contribution in [0, 0.1) is 5.82 Å². The lowest BCUT2D eigenvalue weighted by Crippen LogP contribution is -1.95.